The first-order valence-electron chi connectivity index (χ1n) is 8.33. The fourth-order valence-electron chi connectivity index (χ4n) is 2.92. The van der Waals surface area contributed by atoms with Gasteiger partial charge in [-0.15, -0.1) is 22.7 Å². The highest BCUT2D eigenvalue weighted by molar-refractivity contribution is 7.17. The van der Waals surface area contributed by atoms with Crippen LogP contribution < -0.4 is 0 Å². The number of carbonyl (C=O) groups excluding carboxylic acids is 1. The second-order valence-corrected chi connectivity index (χ2v) is 8.86. The smallest absolute Gasteiger partial charge is 0.273 e. The first kappa shape index (κ1) is 18.2. The molecule has 138 valence electrons. The number of nitrogens with zero attached hydrogens (tertiary/aromatic N) is 4. The van der Waals surface area contributed by atoms with Crippen LogP contribution in [-0.2, 0) is 6.54 Å². The number of thiazole rings is 2. The second kappa shape index (κ2) is 7.07. The molecule has 3 aromatic heterocycles. The van der Waals surface area contributed by atoms with Gasteiger partial charge in [0.1, 0.15) is 10.7 Å². The Hall–Kier alpha value is -2.22. The van der Waals surface area contributed by atoms with Gasteiger partial charge in [0, 0.05) is 34.1 Å². The maximum Gasteiger partial charge on any atom is 0.273 e. The lowest BCUT2D eigenvalue weighted by atomic mass is 10.2. The van der Waals surface area contributed by atoms with E-state index in [1.54, 1.807) is 28.7 Å². The average molecular weight is 417 g/mol. The van der Waals surface area contributed by atoms with Gasteiger partial charge >= 0.3 is 0 Å². The topological polar surface area (TPSA) is 50.5 Å². The van der Waals surface area contributed by atoms with Crippen LogP contribution in [0.4, 0.5) is 0 Å². The molecule has 0 aliphatic heterocycles. The predicted molar refractivity (Wildman–Crippen MR) is 111 cm³/mol. The summed E-state index contributed by atoms with van der Waals surface area (Å²) in [5, 5.41) is 3.23. The molecule has 4 aromatic rings. The minimum absolute atomic E-state index is 0.110. The normalized spacial score (nSPS) is 11.3. The van der Waals surface area contributed by atoms with Gasteiger partial charge in [0.2, 0.25) is 0 Å². The molecule has 1 aromatic carbocycles. The zero-order valence-electron chi connectivity index (χ0n) is 15.1. The standard InChI is InChI=1S/C19H17ClN4OS2/c1-11-8-24-16(12(2)21-19(24)27-11)9-23(3)18(25)15-10-26-17(22-15)13-5-4-6-14(20)7-13/h4-8,10H,9H2,1-3H3. The molecule has 0 saturated heterocycles. The fourth-order valence-corrected chi connectivity index (χ4v) is 4.79. The van der Waals surface area contributed by atoms with Crippen LogP contribution >= 0.6 is 34.3 Å². The van der Waals surface area contributed by atoms with E-state index in [0.717, 1.165) is 26.9 Å². The van der Waals surface area contributed by atoms with Gasteiger partial charge in [-0.2, -0.15) is 0 Å². The van der Waals surface area contributed by atoms with Crippen LogP contribution in [0, 0.1) is 13.8 Å². The van der Waals surface area contributed by atoms with Crippen molar-refractivity contribution in [2.24, 2.45) is 0 Å². The Labute approximate surface area is 169 Å². The van der Waals surface area contributed by atoms with E-state index in [2.05, 4.69) is 27.5 Å². The number of hydrogen-bond acceptors (Lipinski definition) is 5. The number of halogens is 1. The quantitative estimate of drug-likeness (QED) is 0.467. The van der Waals surface area contributed by atoms with Gasteiger partial charge < -0.3 is 4.90 Å². The third-order valence-electron chi connectivity index (χ3n) is 4.27. The van der Waals surface area contributed by atoms with Crippen molar-refractivity contribution >= 4 is 45.1 Å². The Morgan fingerprint density at radius 3 is 2.89 bits per heavy atom. The Balaban J connectivity index is 1.56. The fraction of sp³-hybridized carbons (Fsp3) is 0.211. The first-order chi connectivity index (χ1) is 12.9. The largest absolute Gasteiger partial charge is 0.334 e. The molecule has 0 fully saturated rings. The average Bonchev–Trinajstić information content (AvgIpc) is 3.31. The van der Waals surface area contributed by atoms with E-state index < -0.39 is 0 Å². The highest BCUT2D eigenvalue weighted by Crippen LogP contribution is 2.27. The number of hydrogen-bond donors (Lipinski definition) is 0. The van der Waals surface area contributed by atoms with Crippen molar-refractivity contribution in [1.82, 2.24) is 19.3 Å². The monoisotopic (exact) mass is 416 g/mol. The van der Waals surface area contributed by atoms with E-state index in [1.807, 2.05) is 31.2 Å². The molecule has 27 heavy (non-hydrogen) atoms. The molecule has 0 unspecified atom stereocenters. The minimum atomic E-state index is -0.110. The Kier molecular flexibility index (Phi) is 4.75. The molecule has 4 rings (SSSR count). The summed E-state index contributed by atoms with van der Waals surface area (Å²) < 4.78 is 2.07. The van der Waals surface area contributed by atoms with E-state index in [4.69, 9.17) is 11.6 Å². The summed E-state index contributed by atoms with van der Waals surface area (Å²) in [6.45, 7) is 4.51. The number of carbonyl (C=O) groups is 1. The molecule has 0 aliphatic rings. The third kappa shape index (κ3) is 3.50. The third-order valence-corrected chi connectivity index (χ3v) is 6.29. The number of aryl methyl sites for hydroxylation is 2. The van der Waals surface area contributed by atoms with Crippen molar-refractivity contribution in [1.29, 1.82) is 0 Å². The molecule has 0 radical (unpaired) electrons. The summed E-state index contributed by atoms with van der Waals surface area (Å²) in [6, 6.07) is 7.49. The molecule has 5 nitrogen and oxygen atoms in total. The highest BCUT2D eigenvalue weighted by atomic mass is 35.5. The lowest BCUT2D eigenvalue weighted by Crippen LogP contribution is -2.27. The Morgan fingerprint density at radius 1 is 1.30 bits per heavy atom. The van der Waals surface area contributed by atoms with E-state index >= 15 is 0 Å². The van der Waals surface area contributed by atoms with Gasteiger partial charge in [0.25, 0.3) is 5.91 Å². The van der Waals surface area contributed by atoms with Crippen LogP contribution in [0.25, 0.3) is 15.5 Å². The zero-order chi connectivity index (χ0) is 19.1. The summed E-state index contributed by atoms with van der Waals surface area (Å²) in [5.41, 5.74) is 3.32. The minimum Gasteiger partial charge on any atom is -0.334 e. The maximum absolute atomic E-state index is 12.9. The van der Waals surface area contributed by atoms with Crippen LogP contribution in [0.2, 0.25) is 5.02 Å². The van der Waals surface area contributed by atoms with E-state index in [0.29, 0.717) is 17.3 Å². The van der Waals surface area contributed by atoms with Crippen LogP contribution in [0.3, 0.4) is 0 Å². The molecular formula is C19H17ClN4OS2. The number of fused-ring (bicyclic) bond motifs is 1. The molecule has 3 heterocycles. The van der Waals surface area contributed by atoms with Crippen molar-refractivity contribution in [3.05, 3.63) is 62.8 Å². The van der Waals surface area contributed by atoms with Crippen molar-refractivity contribution < 1.29 is 4.79 Å². The first-order valence-corrected chi connectivity index (χ1v) is 10.4. The van der Waals surface area contributed by atoms with E-state index in [1.165, 1.54) is 16.2 Å². The Morgan fingerprint density at radius 2 is 2.11 bits per heavy atom. The molecule has 0 atom stereocenters. The van der Waals surface area contributed by atoms with E-state index in [-0.39, 0.29) is 5.91 Å². The summed E-state index contributed by atoms with van der Waals surface area (Å²) in [6.07, 6.45) is 2.06. The molecule has 0 spiro atoms. The van der Waals surface area contributed by atoms with Gasteiger partial charge in [-0.3, -0.25) is 9.20 Å². The highest BCUT2D eigenvalue weighted by Gasteiger charge is 2.20. The predicted octanol–water partition coefficient (Wildman–Crippen LogP) is 5.06. The summed E-state index contributed by atoms with van der Waals surface area (Å²) >= 11 is 9.14. The summed E-state index contributed by atoms with van der Waals surface area (Å²) in [4.78, 5) is 25.8. The van der Waals surface area contributed by atoms with Crippen LogP contribution in [0.5, 0.6) is 0 Å². The van der Waals surface area contributed by atoms with Gasteiger partial charge in [-0.1, -0.05) is 23.7 Å². The number of rotatable bonds is 4. The molecule has 1 amide bonds. The van der Waals surface area contributed by atoms with Crippen LogP contribution in [0.1, 0.15) is 26.8 Å². The van der Waals surface area contributed by atoms with Gasteiger partial charge in [-0.05, 0) is 26.0 Å². The van der Waals surface area contributed by atoms with Crippen LogP contribution in [0.15, 0.2) is 35.8 Å². The van der Waals surface area contributed by atoms with Crippen molar-refractivity contribution in [3.8, 4) is 10.6 Å². The molecule has 0 N–H and O–H groups in total. The van der Waals surface area contributed by atoms with Gasteiger partial charge in [0.15, 0.2) is 4.96 Å². The van der Waals surface area contributed by atoms with Crippen molar-refractivity contribution in [2.45, 2.75) is 20.4 Å². The zero-order valence-corrected chi connectivity index (χ0v) is 17.5. The maximum atomic E-state index is 12.9. The number of benzene rings is 1. The summed E-state index contributed by atoms with van der Waals surface area (Å²) in [5.74, 6) is -0.110. The SMILES string of the molecule is Cc1cn2c(CN(C)C(=O)c3csc(-c4cccc(Cl)c4)n3)c(C)nc2s1. The summed E-state index contributed by atoms with van der Waals surface area (Å²) in [7, 11) is 1.79. The number of imidazole rings is 1. The molecule has 0 saturated carbocycles. The molecular weight excluding hydrogens is 400 g/mol. The molecule has 8 heteroatoms. The lowest BCUT2D eigenvalue weighted by molar-refractivity contribution is 0.0778. The molecule has 0 aliphatic carbocycles. The van der Waals surface area contributed by atoms with Crippen LogP contribution in [-0.4, -0.2) is 32.2 Å². The van der Waals surface area contributed by atoms with E-state index in [9.17, 15) is 4.79 Å². The molecule has 0 bridgehead atoms. The van der Waals surface area contributed by atoms with Crippen molar-refractivity contribution in [3.63, 3.8) is 0 Å². The number of aromatic nitrogens is 3. The Bertz CT molecular complexity index is 1140. The lowest BCUT2D eigenvalue weighted by Gasteiger charge is -2.16. The number of amides is 1. The second-order valence-electron chi connectivity index (χ2n) is 6.35. The van der Waals surface area contributed by atoms with Crippen molar-refractivity contribution in [2.75, 3.05) is 7.05 Å². The van der Waals surface area contributed by atoms with Gasteiger partial charge in [0.05, 0.1) is 17.9 Å². The van der Waals surface area contributed by atoms with Gasteiger partial charge in [-0.25, -0.2) is 9.97 Å².